The van der Waals surface area contributed by atoms with Gasteiger partial charge in [-0.15, -0.1) is 0 Å². The highest BCUT2D eigenvalue weighted by Gasteiger charge is 2.36. The Hall–Kier alpha value is -0.220. The van der Waals surface area contributed by atoms with E-state index in [0.717, 1.165) is 43.8 Å². The zero-order valence-electron chi connectivity index (χ0n) is 12.4. The van der Waals surface area contributed by atoms with E-state index < -0.39 is 0 Å². The Kier molecular flexibility index (Phi) is 6.02. The van der Waals surface area contributed by atoms with Gasteiger partial charge in [-0.3, -0.25) is 4.99 Å². The summed E-state index contributed by atoms with van der Waals surface area (Å²) in [6.07, 6.45) is 6.73. The standard InChI is InChI=1S/C15H28N2OS/c1-13(2)5-9-18-10-8-16-14-17-11-15(12-19-14)6-3-4-7-15/h13H,3-12H2,1-2H3,(H,16,17). The van der Waals surface area contributed by atoms with Crippen LogP contribution in [0.1, 0.15) is 46.0 Å². The van der Waals surface area contributed by atoms with Crippen LogP contribution >= 0.6 is 11.8 Å². The molecule has 0 saturated heterocycles. The fraction of sp³-hybridized carbons (Fsp3) is 0.933. The Morgan fingerprint density at radius 1 is 1.32 bits per heavy atom. The van der Waals surface area contributed by atoms with E-state index in [9.17, 15) is 0 Å². The van der Waals surface area contributed by atoms with Crippen molar-refractivity contribution in [2.75, 3.05) is 32.1 Å². The summed E-state index contributed by atoms with van der Waals surface area (Å²) in [6.45, 7) is 8.05. The van der Waals surface area contributed by atoms with E-state index in [-0.39, 0.29) is 0 Å². The fourth-order valence-electron chi connectivity index (χ4n) is 2.74. The predicted octanol–water partition coefficient (Wildman–Crippen LogP) is 3.30. The van der Waals surface area contributed by atoms with Crippen LogP contribution in [-0.4, -0.2) is 37.2 Å². The van der Waals surface area contributed by atoms with E-state index in [2.05, 4.69) is 19.2 Å². The molecule has 0 unspecified atom stereocenters. The van der Waals surface area contributed by atoms with E-state index in [1.807, 2.05) is 11.8 Å². The summed E-state index contributed by atoms with van der Waals surface area (Å²) in [5.41, 5.74) is 0.545. The van der Waals surface area contributed by atoms with E-state index in [0.29, 0.717) is 5.41 Å². The van der Waals surface area contributed by atoms with Crippen LogP contribution in [0.15, 0.2) is 4.99 Å². The largest absolute Gasteiger partial charge is 0.380 e. The Labute approximate surface area is 122 Å². The van der Waals surface area contributed by atoms with Crippen molar-refractivity contribution in [3.63, 3.8) is 0 Å². The number of amidine groups is 1. The fourth-order valence-corrected chi connectivity index (χ4v) is 3.92. The SMILES string of the molecule is CC(C)CCOCCNC1=NCC2(CCCC2)CS1. The molecule has 0 amide bonds. The zero-order valence-corrected chi connectivity index (χ0v) is 13.2. The van der Waals surface area contributed by atoms with Crippen molar-refractivity contribution in [2.45, 2.75) is 46.0 Å². The van der Waals surface area contributed by atoms with Gasteiger partial charge in [0.1, 0.15) is 0 Å². The van der Waals surface area contributed by atoms with Gasteiger partial charge in [-0.05, 0) is 30.6 Å². The molecule has 2 rings (SSSR count). The number of thioether (sulfide) groups is 1. The molecular formula is C15H28N2OS. The number of aliphatic imine (C=N–C) groups is 1. The first kappa shape index (κ1) is 15.2. The van der Waals surface area contributed by atoms with Crippen molar-refractivity contribution in [3.05, 3.63) is 0 Å². The zero-order chi connectivity index (χ0) is 13.6. The summed E-state index contributed by atoms with van der Waals surface area (Å²) in [5.74, 6) is 1.99. The number of rotatable bonds is 6. The summed E-state index contributed by atoms with van der Waals surface area (Å²) < 4.78 is 5.60. The van der Waals surface area contributed by atoms with Gasteiger partial charge in [0.15, 0.2) is 5.17 Å². The Balaban J connectivity index is 1.56. The molecule has 2 aliphatic rings. The van der Waals surface area contributed by atoms with Crippen molar-refractivity contribution in [2.24, 2.45) is 16.3 Å². The molecule has 1 heterocycles. The molecule has 1 aliphatic heterocycles. The first-order valence-electron chi connectivity index (χ1n) is 7.69. The van der Waals surface area contributed by atoms with E-state index in [1.165, 1.54) is 31.4 Å². The summed E-state index contributed by atoms with van der Waals surface area (Å²) in [5, 5.41) is 4.53. The molecule has 1 aliphatic carbocycles. The second kappa shape index (κ2) is 7.53. The maximum atomic E-state index is 5.60. The van der Waals surface area contributed by atoms with Gasteiger partial charge in [0.2, 0.25) is 0 Å². The summed E-state index contributed by atoms with van der Waals surface area (Å²) in [7, 11) is 0. The average molecular weight is 284 g/mol. The Bertz CT molecular complexity index is 299. The van der Waals surface area contributed by atoms with Gasteiger partial charge in [0.25, 0.3) is 0 Å². The lowest BCUT2D eigenvalue weighted by molar-refractivity contribution is 0.128. The third-order valence-corrected chi connectivity index (χ3v) is 5.40. The number of hydrogen-bond acceptors (Lipinski definition) is 4. The lowest BCUT2D eigenvalue weighted by Gasteiger charge is -2.31. The van der Waals surface area contributed by atoms with Gasteiger partial charge in [-0.2, -0.15) is 0 Å². The third-order valence-electron chi connectivity index (χ3n) is 4.10. The molecular weight excluding hydrogens is 256 g/mol. The molecule has 0 aromatic heterocycles. The quantitative estimate of drug-likeness (QED) is 0.760. The van der Waals surface area contributed by atoms with Gasteiger partial charge in [0, 0.05) is 25.4 Å². The topological polar surface area (TPSA) is 33.6 Å². The molecule has 0 atom stereocenters. The predicted molar refractivity (Wildman–Crippen MR) is 83.9 cm³/mol. The number of nitrogens with zero attached hydrogens (tertiary/aromatic N) is 1. The van der Waals surface area contributed by atoms with Crippen LogP contribution in [0, 0.1) is 11.3 Å². The molecule has 1 spiro atoms. The highest BCUT2D eigenvalue weighted by atomic mass is 32.2. The van der Waals surface area contributed by atoms with Gasteiger partial charge >= 0.3 is 0 Å². The molecule has 0 radical (unpaired) electrons. The lowest BCUT2D eigenvalue weighted by Crippen LogP contribution is -2.34. The third kappa shape index (κ3) is 4.99. The van der Waals surface area contributed by atoms with Crippen LogP contribution in [0.5, 0.6) is 0 Å². The van der Waals surface area contributed by atoms with Crippen LogP contribution < -0.4 is 5.32 Å². The first-order chi connectivity index (χ1) is 9.20. The van der Waals surface area contributed by atoms with Crippen molar-refractivity contribution in [1.82, 2.24) is 5.32 Å². The lowest BCUT2D eigenvalue weighted by atomic mass is 9.89. The van der Waals surface area contributed by atoms with Crippen molar-refractivity contribution in [3.8, 4) is 0 Å². The normalized spacial score (nSPS) is 21.9. The van der Waals surface area contributed by atoms with Crippen LogP contribution in [0.4, 0.5) is 0 Å². The molecule has 1 saturated carbocycles. The van der Waals surface area contributed by atoms with Crippen LogP contribution in [0.25, 0.3) is 0 Å². The molecule has 110 valence electrons. The smallest absolute Gasteiger partial charge is 0.156 e. The molecule has 1 N–H and O–H groups in total. The van der Waals surface area contributed by atoms with Gasteiger partial charge in [-0.1, -0.05) is 38.5 Å². The average Bonchev–Trinajstić information content (AvgIpc) is 2.84. The van der Waals surface area contributed by atoms with Crippen molar-refractivity contribution >= 4 is 16.9 Å². The molecule has 0 aromatic carbocycles. The molecule has 19 heavy (non-hydrogen) atoms. The molecule has 1 fully saturated rings. The van der Waals surface area contributed by atoms with E-state index >= 15 is 0 Å². The number of ether oxygens (including phenoxy) is 1. The second-order valence-corrected chi connectivity index (χ2v) is 7.30. The minimum absolute atomic E-state index is 0.545. The molecule has 0 aromatic rings. The summed E-state index contributed by atoms with van der Waals surface area (Å²) >= 11 is 1.91. The second-order valence-electron chi connectivity index (χ2n) is 6.34. The molecule has 3 nitrogen and oxygen atoms in total. The van der Waals surface area contributed by atoms with Gasteiger partial charge < -0.3 is 10.1 Å². The Morgan fingerprint density at radius 3 is 2.74 bits per heavy atom. The first-order valence-corrected chi connectivity index (χ1v) is 8.68. The van der Waals surface area contributed by atoms with Gasteiger partial charge in [-0.25, -0.2) is 0 Å². The number of hydrogen-bond donors (Lipinski definition) is 1. The molecule has 4 heteroatoms. The van der Waals surface area contributed by atoms with E-state index in [1.54, 1.807) is 0 Å². The minimum Gasteiger partial charge on any atom is -0.380 e. The maximum Gasteiger partial charge on any atom is 0.156 e. The maximum absolute atomic E-state index is 5.60. The number of nitrogens with one attached hydrogen (secondary N) is 1. The summed E-state index contributed by atoms with van der Waals surface area (Å²) in [6, 6.07) is 0. The highest BCUT2D eigenvalue weighted by molar-refractivity contribution is 8.13. The minimum atomic E-state index is 0.545. The van der Waals surface area contributed by atoms with Crippen molar-refractivity contribution in [1.29, 1.82) is 0 Å². The van der Waals surface area contributed by atoms with Crippen molar-refractivity contribution < 1.29 is 4.74 Å². The summed E-state index contributed by atoms with van der Waals surface area (Å²) in [4.78, 5) is 4.72. The highest BCUT2D eigenvalue weighted by Crippen LogP contribution is 2.43. The monoisotopic (exact) mass is 284 g/mol. The van der Waals surface area contributed by atoms with Crippen LogP contribution in [0.3, 0.4) is 0 Å². The van der Waals surface area contributed by atoms with E-state index in [4.69, 9.17) is 9.73 Å². The van der Waals surface area contributed by atoms with Crippen LogP contribution in [0.2, 0.25) is 0 Å². The van der Waals surface area contributed by atoms with Gasteiger partial charge in [0.05, 0.1) is 6.61 Å². The molecule has 0 bridgehead atoms. The Morgan fingerprint density at radius 2 is 2.11 bits per heavy atom. The van der Waals surface area contributed by atoms with Crippen LogP contribution in [-0.2, 0) is 4.74 Å².